The molecule has 0 aliphatic rings. The summed E-state index contributed by atoms with van der Waals surface area (Å²) in [7, 11) is 0. The van der Waals surface area contributed by atoms with Crippen LogP contribution in [0.1, 0.15) is 10.4 Å². The minimum atomic E-state index is -1.71. The van der Waals surface area contributed by atoms with Gasteiger partial charge in [-0.25, -0.2) is 13.2 Å². The predicted octanol–water partition coefficient (Wildman–Crippen LogP) is 1.11. The smallest absolute Gasteiger partial charge is 0.252 e. The molecule has 0 atom stereocenters. The molecule has 2 aromatic rings. The first-order valence-corrected chi connectivity index (χ1v) is 6.29. The number of aromatic nitrogens is 1. The third kappa shape index (κ3) is 3.96. The van der Waals surface area contributed by atoms with Crippen molar-refractivity contribution in [2.45, 2.75) is 0 Å². The van der Waals surface area contributed by atoms with E-state index in [1.807, 2.05) is 5.32 Å². The van der Waals surface area contributed by atoms with Crippen LogP contribution in [0.25, 0.3) is 0 Å². The zero-order chi connectivity index (χ0) is 17.0. The van der Waals surface area contributed by atoms with Gasteiger partial charge in [0.05, 0.1) is 17.8 Å². The molecule has 0 spiro atoms. The predicted molar refractivity (Wildman–Crippen MR) is 72.7 cm³/mol. The number of benzene rings is 1. The van der Waals surface area contributed by atoms with Gasteiger partial charge in [-0.15, -0.1) is 0 Å². The molecule has 120 valence electrons. The second-order valence-electron chi connectivity index (χ2n) is 4.40. The first-order chi connectivity index (χ1) is 10.9. The quantitative estimate of drug-likeness (QED) is 0.502. The third-order valence-electron chi connectivity index (χ3n) is 2.78. The molecular formula is C14H10F3N3O3. The van der Waals surface area contributed by atoms with Gasteiger partial charge in [0.2, 0.25) is 5.91 Å². The number of hydrogen-bond acceptors (Lipinski definition) is 3. The summed E-state index contributed by atoms with van der Waals surface area (Å²) in [6.45, 7) is -0.524. The molecule has 0 unspecified atom stereocenters. The monoisotopic (exact) mass is 325 g/mol. The number of nitrogens with one attached hydrogen (secondary N) is 2. The number of halogens is 3. The Morgan fingerprint density at radius 1 is 1.04 bits per heavy atom. The minimum Gasteiger partial charge on any atom is -0.619 e. The summed E-state index contributed by atoms with van der Waals surface area (Å²) in [5.74, 6) is -6.09. The molecule has 1 aromatic carbocycles. The van der Waals surface area contributed by atoms with E-state index in [9.17, 15) is 28.0 Å². The summed E-state index contributed by atoms with van der Waals surface area (Å²) in [4.78, 5) is 23.3. The van der Waals surface area contributed by atoms with E-state index < -0.39 is 41.5 Å². The van der Waals surface area contributed by atoms with Crippen LogP contribution >= 0.6 is 0 Å². The van der Waals surface area contributed by atoms with Crippen LogP contribution in [-0.4, -0.2) is 18.4 Å². The Morgan fingerprint density at radius 3 is 2.35 bits per heavy atom. The van der Waals surface area contributed by atoms with Crippen LogP contribution in [0.15, 0.2) is 36.7 Å². The molecule has 2 amide bonds. The van der Waals surface area contributed by atoms with Gasteiger partial charge in [0.1, 0.15) is 0 Å². The van der Waals surface area contributed by atoms with E-state index in [-0.39, 0.29) is 5.56 Å². The lowest BCUT2D eigenvalue weighted by Crippen LogP contribution is -2.34. The molecule has 23 heavy (non-hydrogen) atoms. The largest absolute Gasteiger partial charge is 0.619 e. The van der Waals surface area contributed by atoms with Gasteiger partial charge in [-0.2, -0.15) is 4.73 Å². The van der Waals surface area contributed by atoms with Crippen molar-refractivity contribution in [3.63, 3.8) is 0 Å². The zero-order valence-electron chi connectivity index (χ0n) is 11.5. The summed E-state index contributed by atoms with van der Waals surface area (Å²) in [5.41, 5.74) is -0.404. The van der Waals surface area contributed by atoms with E-state index >= 15 is 0 Å². The van der Waals surface area contributed by atoms with Gasteiger partial charge in [0.25, 0.3) is 5.91 Å². The van der Waals surface area contributed by atoms with Crippen LogP contribution < -0.4 is 15.4 Å². The maximum absolute atomic E-state index is 13.4. The van der Waals surface area contributed by atoms with Crippen molar-refractivity contribution < 1.29 is 27.5 Å². The van der Waals surface area contributed by atoms with Gasteiger partial charge in [-0.3, -0.25) is 9.59 Å². The second kappa shape index (κ2) is 6.77. The van der Waals surface area contributed by atoms with Crippen molar-refractivity contribution in [1.82, 2.24) is 5.32 Å². The molecule has 1 heterocycles. The third-order valence-corrected chi connectivity index (χ3v) is 2.78. The molecule has 0 fully saturated rings. The number of anilines is 1. The Kier molecular flexibility index (Phi) is 4.79. The molecule has 2 rings (SSSR count). The highest BCUT2D eigenvalue weighted by molar-refractivity contribution is 5.99. The van der Waals surface area contributed by atoms with E-state index in [0.717, 1.165) is 18.5 Å². The molecule has 1 aromatic heterocycles. The van der Waals surface area contributed by atoms with Crippen molar-refractivity contribution in [2.75, 3.05) is 11.9 Å². The van der Waals surface area contributed by atoms with E-state index in [0.29, 0.717) is 10.8 Å². The molecule has 0 radical (unpaired) electrons. The highest BCUT2D eigenvalue weighted by atomic mass is 19.2. The molecule has 0 saturated heterocycles. The zero-order valence-corrected chi connectivity index (χ0v) is 11.5. The van der Waals surface area contributed by atoms with Gasteiger partial charge in [-0.1, -0.05) is 0 Å². The van der Waals surface area contributed by atoms with Crippen molar-refractivity contribution >= 4 is 17.5 Å². The Morgan fingerprint density at radius 2 is 1.70 bits per heavy atom. The van der Waals surface area contributed by atoms with E-state index in [2.05, 4.69) is 5.32 Å². The Bertz CT molecular complexity index is 751. The number of carbonyl (C=O) groups excluding carboxylic acids is 2. The molecule has 2 N–H and O–H groups in total. The van der Waals surface area contributed by atoms with Crippen LogP contribution in [0.2, 0.25) is 0 Å². The lowest BCUT2D eigenvalue weighted by molar-refractivity contribution is -0.605. The summed E-state index contributed by atoms with van der Waals surface area (Å²) in [5, 5.41) is 15.1. The van der Waals surface area contributed by atoms with Gasteiger partial charge in [0.15, 0.2) is 29.8 Å². The van der Waals surface area contributed by atoms with Gasteiger partial charge in [0, 0.05) is 12.1 Å². The minimum absolute atomic E-state index is 0.143. The highest BCUT2D eigenvalue weighted by Gasteiger charge is 2.15. The summed E-state index contributed by atoms with van der Waals surface area (Å²) < 4.78 is 39.6. The fourth-order valence-corrected chi connectivity index (χ4v) is 1.64. The van der Waals surface area contributed by atoms with Gasteiger partial charge in [-0.05, 0) is 12.1 Å². The Hall–Kier alpha value is -3.10. The molecule has 0 bridgehead atoms. The van der Waals surface area contributed by atoms with E-state index in [1.54, 1.807) is 0 Å². The first-order valence-electron chi connectivity index (χ1n) is 6.29. The normalized spacial score (nSPS) is 10.2. The van der Waals surface area contributed by atoms with Crippen LogP contribution in [0.5, 0.6) is 0 Å². The van der Waals surface area contributed by atoms with Crippen molar-refractivity contribution in [2.24, 2.45) is 0 Å². The van der Waals surface area contributed by atoms with Crippen molar-refractivity contribution in [1.29, 1.82) is 0 Å². The summed E-state index contributed by atoms with van der Waals surface area (Å²) >= 11 is 0. The average molecular weight is 325 g/mol. The van der Waals surface area contributed by atoms with Gasteiger partial charge >= 0.3 is 0 Å². The SMILES string of the molecule is O=C(CNC(=O)c1cc[n+]([O-])cc1)Nc1ccc(F)c(F)c1F. The molecule has 0 aliphatic carbocycles. The Balaban J connectivity index is 1.94. The van der Waals surface area contributed by atoms with Crippen LogP contribution in [0, 0.1) is 22.7 Å². The number of pyridine rings is 1. The Labute approximate surface area is 128 Å². The van der Waals surface area contributed by atoms with Crippen LogP contribution in [0.3, 0.4) is 0 Å². The second-order valence-corrected chi connectivity index (χ2v) is 4.40. The van der Waals surface area contributed by atoms with Crippen LogP contribution in [0.4, 0.5) is 18.9 Å². The average Bonchev–Trinajstić information content (AvgIpc) is 2.54. The summed E-state index contributed by atoms with van der Waals surface area (Å²) in [6.07, 6.45) is 2.21. The molecular weight excluding hydrogens is 315 g/mol. The maximum atomic E-state index is 13.4. The van der Waals surface area contributed by atoms with Crippen LogP contribution in [-0.2, 0) is 4.79 Å². The molecule has 0 saturated carbocycles. The van der Waals surface area contributed by atoms with E-state index in [1.165, 1.54) is 12.1 Å². The number of rotatable bonds is 4. The molecule has 6 nitrogen and oxygen atoms in total. The number of hydrogen-bond donors (Lipinski definition) is 2. The molecule has 9 heteroatoms. The lowest BCUT2D eigenvalue weighted by atomic mass is 10.2. The molecule has 0 aliphatic heterocycles. The maximum Gasteiger partial charge on any atom is 0.252 e. The summed E-state index contributed by atoms with van der Waals surface area (Å²) in [6, 6.07) is 4.01. The van der Waals surface area contributed by atoms with Gasteiger partial charge < -0.3 is 15.8 Å². The van der Waals surface area contributed by atoms with E-state index in [4.69, 9.17) is 0 Å². The lowest BCUT2D eigenvalue weighted by Gasteiger charge is -2.08. The standard InChI is InChI=1S/C14H10F3N3O3/c15-9-1-2-10(13(17)12(9)16)19-11(21)7-18-14(22)8-3-5-20(23)6-4-8/h1-6H,7H2,(H,18,22)(H,19,21). The highest BCUT2D eigenvalue weighted by Crippen LogP contribution is 2.19. The van der Waals surface area contributed by atoms with Crippen molar-refractivity contribution in [3.05, 3.63) is 64.9 Å². The number of amides is 2. The fraction of sp³-hybridized carbons (Fsp3) is 0.0714. The number of carbonyl (C=O) groups is 2. The fourth-order valence-electron chi connectivity index (χ4n) is 1.64. The number of nitrogens with zero attached hydrogens (tertiary/aromatic N) is 1. The van der Waals surface area contributed by atoms with Crippen molar-refractivity contribution in [3.8, 4) is 0 Å². The first kappa shape index (κ1) is 16.3. The topological polar surface area (TPSA) is 85.1 Å².